The molecule has 0 spiro atoms. The summed E-state index contributed by atoms with van der Waals surface area (Å²) in [7, 11) is 0. The molecule has 57 heavy (non-hydrogen) atoms. The molecule has 2 nitrogen and oxygen atoms in total. The minimum atomic E-state index is -0.518. The van der Waals surface area contributed by atoms with Gasteiger partial charge in [-0.25, -0.2) is 9.97 Å². The summed E-state index contributed by atoms with van der Waals surface area (Å²) in [6.07, 6.45) is 0. The Hall–Kier alpha value is -7.42. The van der Waals surface area contributed by atoms with Gasteiger partial charge in [-0.3, -0.25) is 0 Å². The van der Waals surface area contributed by atoms with Crippen molar-refractivity contribution in [2.45, 2.75) is 5.41 Å². The number of aromatic nitrogens is 2. The Kier molecular flexibility index (Phi) is 7.75. The molecule has 0 radical (unpaired) electrons. The number of fused-ring (bicyclic) bond motifs is 5. The Bertz CT molecular complexity index is 3070. The molecule has 10 aromatic rings. The second-order valence-corrected chi connectivity index (χ2v) is 14.8. The van der Waals surface area contributed by atoms with E-state index in [0.29, 0.717) is 5.82 Å². The summed E-state index contributed by atoms with van der Waals surface area (Å²) < 4.78 is 0. The highest BCUT2D eigenvalue weighted by atomic mass is 14.9. The van der Waals surface area contributed by atoms with Crippen molar-refractivity contribution in [3.63, 3.8) is 0 Å². The molecule has 0 atom stereocenters. The van der Waals surface area contributed by atoms with Gasteiger partial charge in [0.2, 0.25) is 0 Å². The number of hydrogen-bond acceptors (Lipinski definition) is 2. The SMILES string of the molecule is c1ccc(-c2nc(-c3cccc4ccccc34)cc(-c3ccc(-c4cccc5c4C(c4ccccc4)(c4ccccc4)c4ccccc4-5)c4ccccc34)n2)cc1. The van der Waals surface area contributed by atoms with Crippen LogP contribution in [-0.2, 0) is 5.41 Å². The van der Waals surface area contributed by atoms with Crippen molar-refractivity contribution in [2.24, 2.45) is 0 Å². The van der Waals surface area contributed by atoms with E-state index in [2.05, 4.69) is 212 Å². The van der Waals surface area contributed by atoms with E-state index in [1.807, 2.05) is 6.07 Å². The molecule has 0 aliphatic heterocycles. The van der Waals surface area contributed by atoms with Crippen LogP contribution in [0.4, 0.5) is 0 Å². The molecule has 0 N–H and O–H groups in total. The summed E-state index contributed by atoms with van der Waals surface area (Å²) in [5, 5.41) is 4.68. The van der Waals surface area contributed by atoms with Crippen LogP contribution in [0, 0.1) is 0 Å². The van der Waals surface area contributed by atoms with Gasteiger partial charge in [-0.2, -0.15) is 0 Å². The van der Waals surface area contributed by atoms with Gasteiger partial charge in [0.15, 0.2) is 5.82 Å². The normalized spacial score (nSPS) is 12.7. The lowest BCUT2D eigenvalue weighted by Crippen LogP contribution is -2.29. The first-order chi connectivity index (χ1) is 28.3. The first kappa shape index (κ1) is 33.0. The van der Waals surface area contributed by atoms with Crippen molar-refractivity contribution in [2.75, 3.05) is 0 Å². The summed E-state index contributed by atoms with van der Waals surface area (Å²) in [4.78, 5) is 10.5. The smallest absolute Gasteiger partial charge is 0.160 e. The van der Waals surface area contributed by atoms with Gasteiger partial charge >= 0.3 is 0 Å². The Morgan fingerprint density at radius 3 is 1.47 bits per heavy atom. The van der Waals surface area contributed by atoms with Gasteiger partial charge in [-0.1, -0.05) is 212 Å². The van der Waals surface area contributed by atoms with E-state index in [0.717, 1.165) is 33.5 Å². The summed E-state index contributed by atoms with van der Waals surface area (Å²) in [5.41, 5.74) is 14.5. The third kappa shape index (κ3) is 5.18. The quantitative estimate of drug-likeness (QED) is 0.171. The van der Waals surface area contributed by atoms with Crippen LogP contribution in [0.5, 0.6) is 0 Å². The van der Waals surface area contributed by atoms with Crippen LogP contribution in [-0.4, -0.2) is 9.97 Å². The van der Waals surface area contributed by atoms with E-state index in [9.17, 15) is 0 Å². The molecular formula is C55H36N2. The lowest BCUT2D eigenvalue weighted by Gasteiger charge is -2.35. The van der Waals surface area contributed by atoms with Gasteiger partial charge in [0.1, 0.15) is 0 Å². The Morgan fingerprint density at radius 1 is 0.316 bits per heavy atom. The number of benzene rings is 9. The molecule has 0 bridgehead atoms. The molecule has 2 heteroatoms. The van der Waals surface area contributed by atoms with Gasteiger partial charge in [-0.05, 0) is 72.1 Å². The zero-order valence-corrected chi connectivity index (χ0v) is 31.2. The maximum Gasteiger partial charge on any atom is 0.160 e. The Labute approximate surface area is 332 Å². The molecular weight excluding hydrogens is 689 g/mol. The fraction of sp³-hybridized carbons (Fsp3) is 0.0182. The molecule has 266 valence electrons. The average Bonchev–Trinajstić information content (AvgIpc) is 3.60. The minimum Gasteiger partial charge on any atom is -0.228 e. The molecule has 9 aromatic carbocycles. The molecule has 1 aliphatic carbocycles. The third-order valence-corrected chi connectivity index (χ3v) is 11.8. The van der Waals surface area contributed by atoms with E-state index in [1.54, 1.807) is 0 Å². The standard InChI is InChI=1S/C55H36N2/c1-4-19-38(20-5-1)54-56-51(46-30-16-21-37-18-10-11-26-41(37)46)36-52(57-54)47-35-34-44(42-27-12-13-28-43(42)47)48-31-17-32-49-45-29-14-15-33-50(45)55(53(48)49,39-22-6-2-7-23-39)40-24-8-3-9-25-40/h1-36H. The van der Waals surface area contributed by atoms with Gasteiger partial charge in [0, 0.05) is 16.7 Å². The molecule has 1 heterocycles. The fourth-order valence-corrected chi connectivity index (χ4v) is 9.37. The van der Waals surface area contributed by atoms with Crippen molar-refractivity contribution in [1.82, 2.24) is 9.97 Å². The molecule has 1 aromatic heterocycles. The van der Waals surface area contributed by atoms with E-state index >= 15 is 0 Å². The van der Waals surface area contributed by atoms with E-state index in [1.165, 1.54) is 60.7 Å². The van der Waals surface area contributed by atoms with Crippen molar-refractivity contribution >= 4 is 21.5 Å². The lowest BCUT2D eigenvalue weighted by atomic mass is 9.66. The molecule has 11 rings (SSSR count). The highest BCUT2D eigenvalue weighted by Crippen LogP contribution is 2.59. The molecule has 0 saturated heterocycles. The van der Waals surface area contributed by atoms with Crippen molar-refractivity contribution in [3.8, 4) is 56.2 Å². The zero-order valence-electron chi connectivity index (χ0n) is 31.2. The Morgan fingerprint density at radius 2 is 0.772 bits per heavy atom. The number of hydrogen-bond donors (Lipinski definition) is 0. The van der Waals surface area contributed by atoms with Crippen molar-refractivity contribution in [3.05, 3.63) is 241 Å². The van der Waals surface area contributed by atoms with Crippen LogP contribution in [0.25, 0.3) is 77.7 Å². The highest BCUT2D eigenvalue weighted by Gasteiger charge is 2.47. The van der Waals surface area contributed by atoms with Crippen LogP contribution in [0.3, 0.4) is 0 Å². The maximum atomic E-state index is 5.31. The molecule has 0 saturated carbocycles. The topological polar surface area (TPSA) is 25.8 Å². The largest absolute Gasteiger partial charge is 0.228 e. The van der Waals surface area contributed by atoms with E-state index < -0.39 is 5.41 Å². The van der Waals surface area contributed by atoms with Crippen LogP contribution in [0.2, 0.25) is 0 Å². The predicted molar refractivity (Wildman–Crippen MR) is 236 cm³/mol. The maximum absolute atomic E-state index is 5.31. The second-order valence-electron chi connectivity index (χ2n) is 14.8. The van der Waals surface area contributed by atoms with Gasteiger partial charge < -0.3 is 0 Å². The Balaban J connectivity index is 1.17. The summed E-state index contributed by atoms with van der Waals surface area (Å²) in [6, 6.07) is 78.8. The van der Waals surface area contributed by atoms with Crippen molar-refractivity contribution < 1.29 is 0 Å². The van der Waals surface area contributed by atoms with Gasteiger partial charge in [0.25, 0.3) is 0 Å². The summed E-state index contributed by atoms with van der Waals surface area (Å²) in [6.45, 7) is 0. The third-order valence-electron chi connectivity index (χ3n) is 11.8. The fourth-order valence-electron chi connectivity index (χ4n) is 9.37. The van der Waals surface area contributed by atoms with Gasteiger partial charge in [-0.15, -0.1) is 0 Å². The minimum absolute atomic E-state index is 0.518. The first-order valence-corrected chi connectivity index (χ1v) is 19.6. The molecule has 0 amide bonds. The second kappa shape index (κ2) is 13.4. The molecule has 1 aliphatic rings. The molecule has 0 fully saturated rings. The van der Waals surface area contributed by atoms with Crippen LogP contribution >= 0.6 is 0 Å². The van der Waals surface area contributed by atoms with E-state index in [4.69, 9.17) is 9.97 Å². The van der Waals surface area contributed by atoms with Crippen LogP contribution < -0.4 is 0 Å². The first-order valence-electron chi connectivity index (χ1n) is 19.6. The predicted octanol–water partition coefficient (Wildman–Crippen LogP) is 13.8. The monoisotopic (exact) mass is 724 g/mol. The van der Waals surface area contributed by atoms with Crippen LogP contribution in [0.15, 0.2) is 218 Å². The molecule has 0 unspecified atom stereocenters. The van der Waals surface area contributed by atoms with Crippen molar-refractivity contribution in [1.29, 1.82) is 0 Å². The number of rotatable bonds is 6. The zero-order chi connectivity index (χ0) is 37.8. The lowest BCUT2D eigenvalue weighted by molar-refractivity contribution is 0.770. The average molecular weight is 725 g/mol. The summed E-state index contributed by atoms with van der Waals surface area (Å²) in [5.74, 6) is 0.707. The summed E-state index contributed by atoms with van der Waals surface area (Å²) >= 11 is 0. The highest BCUT2D eigenvalue weighted by molar-refractivity contribution is 6.07. The van der Waals surface area contributed by atoms with Gasteiger partial charge in [0.05, 0.1) is 16.8 Å². The number of nitrogens with zero attached hydrogens (tertiary/aromatic N) is 2. The van der Waals surface area contributed by atoms with E-state index in [-0.39, 0.29) is 0 Å². The van der Waals surface area contributed by atoms with Crippen LogP contribution in [0.1, 0.15) is 22.3 Å².